The lowest BCUT2D eigenvalue weighted by Crippen LogP contribution is -2.40. The van der Waals surface area contributed by atoms with Gasteiger partial charge < -0.3 is 15.8 Å². The Morgan fingerprint density at radius 2 is 2.14 bits per heavy atom. The molecular formula is C14H17F3N2O2. The van der Waals surface area contributed by atoms with Crippen molar-refractivity contribution in [3.63, 3.8) is 0 Å². The quantitative estimate of drug-likeness (QED) is 0.844. The van der Waals surface area contributed by atoms with E-state index in [9.17, 15) is 18.0 Å². The molecule has 3 N–H and O–H groups in total. The second kappa shape index (κ2) is 6.34. The molecule has 1 aliphatic rings. The number of benzene rings is 1. The fourth-order valence-corrected chi connectivity index (χ4v) is 1.88. The van der Waals surface area contributed by atoms with E-state index < -0.39 is 17.6 Å². The predicted molar refractivity (Wildman–Crippen MR) is 70.6 cm³/mol. The second-order valence-electron chi connectivity index (χ2n) is 5.12. The highest BCUT2D eigenvalue weighted by Gasteiger charge is 2.30. The molecule has 0 heterocycles. The van der Waals surface area contributed by atoms with Gasteiger partial charge in [-0.2, -0.15) is 13.2 Å². The van der Waals surface area contributed by atoms with Crippen molar-refractivity contribution in [3.05, 3.63) is 29.8 Å². The highest BCUT2D eigenvalue weighted by molar-refractivity contribution is 5.77. The molecular weight excluding hydrogens is 285 g/mol. The van der Waals surface area contributed by atoms with E-state index in [4.69, 9.17) is 10.5 Å². The van der Waals surface area contributed by atoms with Crippen LogP contribution in [0.25, 0.3) is 0 Å². The average Bonchev–Trinajstić information content (AvgIpc) is 3.26. The van der Waals surface area contributed by atoms with Crippen LogP contribution in [0.3, 0.4) is 0 Å². The summed E-state index contributed by atoms with van der Waals surface area (Å²) >= 11 is 0. The minimum Gasteiger partial charge on any atom is -0.484 e. The summed E-state index contributed by atoms with van der Waals surface area (Å²) in [6.07, 6.45) is -2.27. The highest BCUT2D eigenvalue weighted by atomic mass is 19.4. The van der Waals surface area contributed by atoms with Gasteiger partial charge in [-0.05, 0) is 37.0 Å². The number of hydrogen-bond donors (Lipinski definition) is 2. The fraction of sp³-hybridized carbons (Fsp3) is 0.500. The summed E-state index contributed by atoms with van der Waals surface area (Å²) < 4.78 is 42.6. The SMILES string of the molecule is NC(CNC(=O)COc1cccc(C(F)(F)F)c1)C1CC1. The molecule has 0 spiro atoms. The molecule has 0 bridgehead atoms. The van der Waals surface area contributed by atoms with Gasteiger partial charge in [0.1, 0.15) is 5.75 Å². The van der Waals surface area contributed by atoms with Crippen molar-refractivity contribution in [1.82, 2.24) is 5.32 Å². The van der Waals surface area contributed by atoms with Gasteiger partial charge in [-0.1, -0.05) is 6.07 Å². The molecule has 0 aromatic heterocycles. The Morgan fingerprint density at radius 3 is 2.76 bits per heavy atom. The summed E-state index contributed by atoms with van der Waals surface area (Å²) in [5.41, 5.74) is 5.01. The third kappa shape index (κ3) is 4.93. The van der Waals surface area contributed by atoms with Crippen LogP contribution in [-0.4, -0.2) is 25.1 Å². The third-order valence-corrected chi connectivity index (χ3v) is 3.29. The molecule has 1 aliphatic carbocycles. The van der Waals surface area contributed by atoms with Crippen LogP contribution < -0.4 is 15.8 Å². The van der Waals surface area contributed by atoms with Crippen molar-refractivity contribution in [2.45, 2.75) is 25.1 Å². The number of nitrogens with one attached hydrogen (secondary N) is 1. The molecule has 7 heteroatoms. The van der Waals surface area contributed by atoms with Gasteiger partial charge in [-0.25, -0.2) is 0 Å². The van der Waals surface area contributed by atoms with Gasteiger partial charge in [0.2, 0.25) is 0 Å². The maximum absolute atomic E-state index is 12.5. The zero-order valence-corrected chi connectivity index (χ0v) is 11.3. The Kier molecular flexibility index (Phi) is 4.72. The number of rotatable bonds is 6. The van der Waals surface area contributed by atoms with Gasteiger partial charge in [0.15, 0.2) is 6.61 Å². The molecule has 1 aromatic carbocycles. The summed E-state index contributed by atoms with van der Waals surface area (Å²) in [7, 11) is 0. The second-order valence-corrected chi connectivity index (χ2v) is 5.12. The zero-order valence-electron chi connectivity index (χ0n) is 11.3. The minimum atomic E-state index is -4.43. The number of carbonyl (C=O) groups excluding carboxylic acids is 1. The molecule has 1 aromatic rings. The summed E-state index contributed by atoms with van der Waals surface area (Å²) in [5, 5.41) is 2.61. The Balaban J connectivity index is 1.78. The first kappa shape index (κ1) is 15.6. The van der Waals surface area contributed by atoms with Crippen molar-refractivity contribution >= 4 is 5.91 Å². The summed E-state index contributed by atoms with van der Waals surface area (Å²) in [4.78, 5) is 11.5. The van der Waals surface area contributed by atoms with E-state index in [1.165, 1.54) is 12.1 Å². The van der Waals surface area contributed by atoms with E-state index in [0.717, 1.165) is 25.0 Å². The van der Waals surface area contributed by atoms with Gasteiger partial charge in [-0.15, -0.1) is 0 Å². The average molecular weight is 302 g/mol. The van der Waals surface area contributed by atoms with Crippen molar-refractivity contribution in [2.75, 3.05) is 13.2 Å². The first-order chi connectivity index (χ1) is 9.86. The molecule has 1 atom stereocenters. The van der Waals surface area contributed by atoms with Crippen molar-refractivity contribution in [3.8, 4) is 5.75 Å². The summed E-state index contributed by atoms with van der Waals surface area (Å²) in [6.45, 7) is 0.0220. The van der Waals surface area contributed by atoms with Gasteiger partial charge in [0.05, 0.1) is 5.56 Å². The number of halogens is 3. The van der Waals surface area contributed by atoms with Gasteiger partial charge >= 0.3 is 6.18 Å². The van der Waals surface area contributed by atoms with E-state index in [1.54, 1.807) is 0 Å². The number of amides is 1. The van der Waals surface area contributed by atoms with Crippen LogP contribution in [0.5, 0.6) is 5.75 Å². The van der Waals surface area contributed by atoms with Gasteiger partial charge in [-0.3, -0.25) is 4.79 Å². The van der Waals surface area contributed by atoms with Crippen molar-refractivity contribution < 1.29 is 22.7 Å². The lowest BCUT2D eigenvalue weighted by molar-refractivity contribution is -0.137. The van der Waals surface area contributed by atoms with Crippen LogP contribution in [0.2, 0.25) is 0 Å². The molecule has 1 fully saturated rings. The van der Waals surface area contributed by atoms with Crippen LogP contribution in [0.1, 0.15) is 18.4 Å². The van der Waals surface area contributed by atoms with Crippen molar-refractivity contribution in [1.29, 1.82) is 0 Å². The molecule has 21 heavy (non-hydrogen) atoms. The standard InChI is InChI=1S/C14H17F3N2O2/c15-14(16,17)10-2-1-3-11(6-10)21-8-13(20)19-7-12(18)9-4-5-9/h1-3,6,9,12H,4-5,7-8,18H2,(H,19,20). The highest BCUT2D eigenvalue weighted by Crippen LogP contribution is 2.31. The van der Waals surface area contributed by atoms with Crippen LogP contribution in [0, 0.1) is 5.92 Å². The van der Waals surface area contributed by atoms with Gasteiger partial charge in [0, 0.05) is 12.6 Å². The normalized spacial score (nSPS) is 16.4. The topological polar surface area (TPSA) is 64.3 Å². The fourth-order valence-electron chi connectivity index (χ4n) is 1.88. The van der Waals surface area contributed by atoms with E-state index >= 15 is 0 Å². The van der Waals surface area contributed by atoms with Crippen LogP contribution in [0.15, 0.2) is 24.3 Å². The van der Waals surface area contributed by atoms with E-state index in [-0.39, 0.29) is 18.4 Å². The molecule has 116 valence electrons. The Morgan fingerprint density at radius 1 is 1.43 bits per heavy atom. The van der Waals surface area contributed by atoms with E-state index in [2.05, 4.69) is 5.32 Å². The smallest absolute Gasteiger partial charge is 0.416 e. The number of nitrogens with two attached hydrogens (primary N) is 1. The molecule has 4 nitrogen and oxygen atoms in total. The van der Waals surface area contributed by atoms with Gasteiger partial charge in [0.25, 0.3) is 5.91 Å². The summed E-state index contributed by atoms with van der Waals surface area (Å²) in [5.74, 6) is 0.0738. The molecule has 2 rings (SSSR count). The first-order valence-corrected chi connectivity index (χ1v) is 6.68. The molecule has 0 saturated heterocycles. The Labute approximate surface area is 120 Å². The Hall–Kier alpha value is -1.76. The number of ether oxygens (including phenoxy) is 1. The van der Waals surface area contributed by atoms with E-state index in [0.29, 0.717) is 12.5 Å². The van der Waals surface area contributed by atoms with Crippen molar-refractivity contribution in [2.24, 2.45) is 11.7 Å². The maximum Gasteiger partial charge on any atom is 0.416 e. The molecule has 0 aliphatic heterocycles. The lowest BCUT2D eigenvalue weighted by Gasteiger charge is -2.13. The molecule has 1 unspecified atom stereocenters. The summed E-state index contributed by atoms with van der Waals surface area (Å²) in [6, 6.07) is 4.35. The third-order valence-electron chi connectivity index (χ3n) is 3.29. The maximum atomic E-state index is 12.5. The van der Waals surface area contributed by atoms with Crippen LogP contribution >= 0.6 is 0 Å². The van der Waals surface area contributed by atoms with Crippen LogP contribution in [-0.2, 0) is 11.0 Å². The first-order valence-electron chi connectivity index (χ1n) is 6.68. The monoisotopic (exact) mass is 302 g/mol. The van der Waals surface area contributed by atoms with Crippen LogP contribution in [0.4, 0.5) is 13.2 Å². The molecule has 1 amide bonds. The minimum absolute atomic E-state index is 0.00599. The number of hydrogen-bond acceptors (Lipinski definition) is 3. The van der Waals surface area contributed by atoms with E-state index in [1.807, 2.05) is 0 Å². The zero-order chi connectivity index (χ0) is 15.5. The predicted octanol–water partition coefficient (Wildman–Crippen LogP) is 1.94. The largest absolute Gasteiger partial charge is 0.484 e. The molecule has 0 radical (unpaired) electrons. The number of carbonyl (C=O) groups is 1. The Bertz CT molecular complexity index is 501. The lowest BCUT2D eigenvalue weighted by atomic mass is 10.2. The molecule has 1 saturated carbocycles. The number of alkyl halides is 3.